The van der Waals surface area contributed by atoms with Crippen LogP contribution in [0.2, 0.25) is 5.02 Å². The van der Waals surface area contributed by atoms with Crippen LogP contribution < -0.4 is 4.90 Å². The first kappa shape index (κ1) is 18.8. The monoisotopic (exact) mass is 387 g/mol. The molecule has 1 amide bonds. The van der Waals surface area contributed by atoms with Gasteiger partial charge in [0.25, 0.3) is 5.91 Å². The standard InChI is InChI=1S/C20H22ClN3OS/c1-13-10-17-18(11-14(13)2)26-20(22-17)24(9-8-23(3)4)19(25)15-6-5-7-16(21)12-15/h5-7,10-12H,8-9H2,1-4H3. The summed E-state index contributed by atoms with van der Waals surface area (Å²) in [4.78, 5) is 21.7. The highest BCUT2D eigenvalue weighted by atomic mass is 35.5. The van der Waals surface area contributed by atoms with Crippen LogP contribution in [0.15, 0.2) is 36.4 Å². The lowest BCUT2D eigenvalue weighted by Crippen LogP contribution is -2.36. The van der Waals surface area contributed by atoms with Gasteiger partial charge < -0.3 is 4.90 Å². The third-order valence-corrected chi connectivity index (χ3v) is 5.59. The van der Waals surface area contributed by atoms with Gasteiger partial charge in [-0.2, -0.15) is 0 Å². The second-order valence-corrected chi connectivity index (χ2v) is 8.12. The van der Waals surface area contributed by atoms with E-state index in [9.17, 15) is 4.79 Å². The molecule has 0 aliphatic heterocycles. The van der Waals surface area contributed by atoms with Crippen molar-refractivity contribution in [3.05, 3.63) is 58.1 Å². The molecule has 0 bridgehead atoms. The van der Waals surface area contributed by atoms with Crippen molar-refractivity contribution >= 4 is 44.2 Å². The zero-order chi connectivity index (χ0) is 18.8. The van der Waals surface area contributed by atoms with Crippen LogP contribution in [-0.4, -0.2) is 43.0 Å². The van der Waals surface area contributed by atoms with Crippen molar-refractivity contribution in [1.82, 2.24) is 9.88 Å². The zero-order valence-electron chi connectivity index (χ0n) is 15.4. The Kier molecular flexibility index (Phi) is 5.61. The second-order valence-electron chi connectivity index (χ2n) is 6.67. The number of amides is 1. The summed E-state index contributed by atoms with van der Waals surface area (Å²) in [6.45, 7) is 5.49. The van der Waals surface area contributed by atoms with Crippen molar-refractivity contribution < 1.29 is 4.79 Å². The van der Waals surface area contributed by atoms with Crippen molar-refractivity contribution in [2.45, 2.75) is 13.8 Å². The van der Waals surface area contributed by atoms with E-state index < -0.39 is 0 Å². The van der Waals surface area contributed by atoms with Gasteiger partial charge in [0.1, 0.15) is 0 Å². The molecule has 3 aromatic rings. The Morgan fingerprint density at radius 1 is 1.12 bits per heavy atom. The van der Waals surface area contributed by atoms with Crippen LogP contribution >= 0.6 is 22.9 Å². The summed E-state index contributed by atoms with van der Waals surface area (Å²) in [7, 11) is 3.99. The van der Waals surface area contributed by atoms with Crippen molar-refractivity contribution in [2.24, 2.45) is 0 Å². The van der Waals surface area contributed by atoms with E-state index in [-0.39, 0.29) is 5.91 Å². The zero-order valence-corrected chi connectivity index (χ0v) is 17.0. The van der Waals surface area contributed by atoms with E-state index in [4.69, 9.17) is 16.6 Å². The van der Waals surface area contributed by atoms with Gasteiger partial charge in [0.15, 0.2) is 5.13 Å². The molecular weight excluding hydrogens is 366 g/mol. The number of rotatable bonds is 5. The van der Waals surface area contributed by atoms with Crippen molar-refractivity contribution in [3.63, 3.8) is 0 Å². The van der Waals surface area contributed by atoms with E-state index in [1.165, 1.54) is 11.1 Å². The van der Waals surface area contributed by atoms with Gasteiger partial charge in [-0.1, -0.05) is 29.0 Å². The molecular formula is C20H22ClN3OS. The lowest BCUT2D eigenvalue weighted by atomic mass is 10.1. The molecule has 3 rings (SSSR count). The number of likely N-dealkylation sites (N-methyl/N-ethyl adjacent to an activating group) is 1. The van der Waals surface area contributed by atoms with E-state index in [1.807, 2.05) is 14.1 Å². The maximum atomic E-state index is 13.1. The molecule has 1 aromatic heterocycles. The Morgan fingerprint density at radius 2 is 1.85 bits per heavy atom. The Balaban J connectivity index is 2.01. The molecule has 26 heavy (non-hydrogen) atoms. The van der Waals surface area contributed by atoms with Crippen LogP contribution in [0.5, 0.6) is 0 Å². The van der Waals surface area contributed by atoms with Crippen LogP contribution in [0.3, 0.4) is 0 Å². The maximum absolute atomic E-state index is 13.1. The fraction of sp³-hybridized carbons (Fsp3) is 0.300. The van der Waals surface area contributed by atoms with Crippen LogP contribution in [0.4, 0.5) is 5.13 Å². The molecule has 0 N–H and O–H groups in total. The molecule has 0 aliphatic rings. The summed E-state index contributed by atoms with van der Waals surface area (Å²) >= 11 is 7.62. The Labute approximate surface area is 163 Å². The number of carbonyl (C=O) groups excluding carboxylic acids is 1. The van der Waals surface area contributed by atoms with Crippen LogP contribution in [0.1, 0.15) is 21.5 Å². The molecule has 1 heterocycles. The van der Waals surface area contributed by atoms with Crippen LogP contribution in [0.25, 0.3) is 10.2 Å². The molecule has 0 radical (unpaired) electrons. The first-order valence-corrected chi connectivity index (χ1v) is 9.64. The topological polar surface area (TPSA) is 36.4 Å². The highest BCUT2D eigenvalue weighted by Crippen LogP contribution is 2.31. The molecule has 0 aliphatic carbocycles. The van der Waals surface area contributed by atoms with Gasteiger partial charge in [0.2, 0.25) is 0 Å². The van der Waals surface area contributed by atoms with Gasteiger partial charge >= 0.3 is 0 Å². The first-order chi connectivity index (χ1) is 12.3. The van der Waals surface area contributed by atoms with Gasteiger partial charge in [-0.15, -0.1) is 0 Å². The van der Waals surface area contributed by atoms with E-state index in [0.717, 1.165) is 21.9 Å². The molecule has 0 saturated heterocycles. The number of hydrogen-bond acceptors (Lipinski definition) is 4. The molecule has 0 unspecified atom stereocenters. The predicted molar refractivity (Wildman–Crippen MR) is 111 cm³/mol. The lowest BCUT2D eigenvalue weighted by molar-refractivity contribution is 0.0985. The largest absolute Gasteiger partial charge is 0.308 e. The average molecular weight is 388 g/mol. The molecule has 0 spiro atoms. The van der Waals surface area contributed by atoms with E-state index in [2.05, 4.69) is 30.9 Å². The Bertz CT molecular complexity index is 912. The minimum atomic E-state index is -0.0816. The molecule has 0 fully saturated rings. The lowest BCUT2D eigenvalue weighted by Gasteiger charge is -2.22. The summed E-state index contributed by atoms with van der Waals surface area (Å²) in [5.41, 5.74) is 3.94. The van der Waals surface area contributed by atoms with Crippen LogP contribution in [-0.2, 0) is 0 Å². The number of aromatic nitrogens is 1. The molecule has 2 aromatic carbocycles. The second kappa shape index (κ2) is 7.74. The highest BCUT2D eigenvalue weighted by Gasteiger charge is 2.21. The van der Waals surface area contributed by atoms with Crippen molar-refractivity contribution in [1.29, 1.82) is 0 Å². The summed E-state index contributed by atoms with van der Waals surface area (Å²) in [6.07, 6.45) is 0. The molecule has 4 nitrogen and oxygen atoms in total. The summed E-state index contributed by atoms with van der Waals surface area (Å²) < 4.78 is 1.09. The predicted octanol–water partition coefficient (Wildman–Crippen LogP) is 4.77. The van der Waals surface area contributed by atoms with Gasteiger partial charge in [0, 0.05) is 23.7 Å². The van der Waals surface area contributed by atoms with Crippen molar-refractivity contribution in [3.8, 4) is 0 Å². The number of halogens is 1. The third-order valence-electron chi connectivity index (χ3n) is 4.31. The summed E-state index contributed by atoms with van der Waals surface area (Å²) in [5, 5.41) is 1.27. The maximum Gasteiger partial charge on any atom is 0.260 e. The highest BCUT2D eigenvalue weighted by molar-refractivity contribution is 7.22. The number of anilines is 1. The Morgan fingerprint density at radius 3 is 2.54 bits per heavy atom. The van der Waals surface area contributed by atoms with Gasteiger partial charge in [-0.05, 0) is 69.4 Å². The molecule has 6 heteroatoms. The quantitative estimate of drug-likeness (QED) is 0.632. The van der Waals surface area contributed by atoms with Crippen LogP contribution in [0, 0.1) is 13.8 Å². The number of benzene rings is 2. The number of thiazole rings is 1. The minimum absolute atomic E-state index is 0.0816. The fourth-order valence-electron chi connectivity index (χ4n) is 2.64. The SMILES string of the molecule is Cc1cc2nc(N(CCN(C)C)C(=O)c3cccc(Cl)c3)sc2cc1C. The minimum Gasteiger partial charge on any atom is -0.308 e. The molecule has 0 atom stereocenters. The third kappa shape index (κ3) is 4.06. The fourth-order valence-corrected chi connectivity index (χ4v) is 3.90. The molecule has 136 valence electrons. The van der Waals surface area contributed by atoms with Gasteiger partial charge in [-0.25, -0.2) is 4.98 Å². The number of fused-ring (bicyclic) bond motifs is 1. The summed E-state index contributed by atoms with van der Waals surface area (Å²) in [6, 6.07) is 11.3. The first-order valence-electron chi connectivity index (χ1n) is 8.45. The van der Waals surface area contributed by atoms with E-state index >= 15 is 0 Å². The number of hydrogen-bond donors (Lipinski definition) is 0. The van der Waals surface area contributed by atoms with E-state index in [0.29, 0.717) is 17.1 Å². The van der Waals surface area contributed by atoms with E-state index in [1.54, 1.807) is 40.5 Å². The van der Waals surface area contributed by atoms with Gasteiger partial charge in [-0.3, -0.25) is 9.69 Å². The number of carbonyl (C=O) groups is 1. The van der Waals surface area contributed by atoms with Crippen molar-refractivity contribution in [2.75, 3.05) is 32.1 Å². The average Bonchev–Trinajstić information content (AvgIpc) is 2.97. The smallest absolute Gasteiger partial charge is 0.260 e. The number of nitrogens with zero attached hydrogens (tertiary/aromatic N) is 3. The Hall–Kier alpha value is -1.95. The summed E-state index contributed by atoms with van der Waals surface area (Å²) in [5.74, 6) is -0.0816. The normalized spacial score (nSPS) is 11.3. The van der Waals surface area contributed by atoms with Gasteiger partial charge in [0.05, 0.1) is 10.2 Å². The molecule has 0 saturated carbocycles. The number of aryl methyl sites for hydroxylation is 2.